The number of aromatic nitrogens is 2. The van der Waals surface area contributed by atoms with E-state index in [0.29, 0.717) is 22.3 Å². The van der Waals surface area contributed by atoms with Crippen molar-refractivity contribution >= 4 is 40.0 Å². The summed E-state index contributed by atoms with van der Waals surface area (Å²) >= 11 is 12.2. The monoisotopic (exact) mass is 333 g/mol. The van der Waals surface area contributed by atoms with Gasteiger partial charge in [0.2, 0.25) is 0 Å². The first-order chi connectivity index (χ1) is 10.6. The van der Waals surface area contributed by atoms with Crippen molar-refractivity contribution in [1.82, 2.24) is 15.1 Å². The van der Waals surface area contributed by atoms with Gasteiger partial charge in [0.25, 0.3) is 5.91 Å². The largest absolute Gasteiger partial charge is 0.336 e. The second kappa shape index (κ2) is 5.99. The van der Waals surface area contributed by atoms with Crippen molar-refractivity contribution in [2.75, 3.05) is 7.05 Å². The number of H-pyrrole nitrogens is 1. The molecule has 0 fully saturated rings. The van der Waals surface area contributed by atoms with Gasteiger partial charge in [-0.25, -0.2) is 0 Å². The van der Waals surface area contributed by atoms with Gasteiger partial charge in [-0.05, 0) is 17.7 Å². The van der Waals surface area contributed by atoms with Crippen molar-refractivity contribution in [1.29, 1.82) is 0 Å². The van der Waals surface area contributed by atoms with Gasteiger partial charge in [-0.3, -0.25) is 9.89 Å². The lowest BCUT2D eigenvalue weighted by atomic mass is 10.1. The molecule has 0 aliphatic carbocycles. The summed E-state index contributed by atoms with van der Waals surface area (Å²) in [5.41, 5.74) is 2.03. The van der Waals surface area contributed by atoms with Crippen LogP contribution >= 0.6 is 23.2 Å². The molecule has 1 aromatic heterocycles. The Balaban J connectivity index is 1.87. The van der Waals surface area contributed by atoms with Gasteiger partial charge >= 0.3 is 0 Å². The van der Waals surface area contributed by atoms with E-state index in [2.05, 4.69) is 10.2 Å². The minimum absolute atomic E-state index is 0.173. The van der Waals surface area contributed by atoms with Crippen LogP contribution < -0.4 is 0 Å². The zero-order valence-corrected chi connectivity index (χ0v) is 13.3. The van der Waals surface area contributed by atoms with Crippen LogP contribution in [0.3, 0.4) is 0 Å². The third-order valence-electron chi connectivity index (χ3n) is 3.46. The van der Waals surface area contributed by atoms with E-state index in [0.717, 1.165) is 16.5 Å². The van der Waals surface area contributed by atoms with Gasteiger partial charge in [0, 0.05) is 19.0 Å². The summed E-state index contributed by atoms with van der Waals surface area (Å²) in [5, 5.41) is 8.73. The Kier molecular flexibility index (Phi) is 4.05. The molecule has 1 N–H and O–H groups in total. The van der Waals surface area contributed by atoms with Crippen LogP contribution in [0.1, 0.15) is 16.1 Å². The maximum Gasteiger partial charge on any atom is 0.275 e. The molecule has 0 bridgehead atoms. The van der Waals surface area contributed by atoms with Crippen LogP contribution in [0.4, 0.5) is 0 Å². The molecule has 2 aromatic carbocycles. The smallest absolute Gasteiger partial charge is 0.275 e. The van der Waals surface area contributed by atoms with Crippen molar-refractivity contribution in [2.24, 2.45) is 0 Å². The first-order valence-corrected chi connectivity index (χ1v) is 7.45. The van der Waals surface area contributed by atoms with Crippen molar-refractivity contribution in [3.63, 3.8) is 0 Å². The molecule has 22 heavy (non-hydrogen) atoms. The van der Waals surface area contributed by atoms with Crippen LogP contribution in [0.25, 0.3) is 10.9 Å². The van der Waals surface area contributed by atoms with Crippen LogP contribution in [0.15, 0.2) is 42.5 Å². The van der Waals surface area contributed by atoms with Crippen LogP contribution in [0.2, 0.25) is 10.0 Å². The summed E-state index contributed by atoms with van der Waals surface area (Å²) in [6.45, 7) is 0.361. The molecule has 0 aliphatic heterocycles. The highest BCUT2D eigenvalue weighted by Gasteiger charge is 2.19. The van der Waals surface area contributed by atoms with Crippen LogP contribution in [-0.4, -0.2) is 28.1 Å². The molecular weight excluding hydrogens is 321 g/mol. The summed E-state index contributed by atoms with van der Waals surface area (Å²) in [6.07, 6.45) is 0. The molecule has 1 amide bonds. The Labute approximate surface area is 137 Å². The van der Waals surface area contributed by atoms with Gasteiger partial charge in [-0.15, -0.1) is 0 Å². The van der Waals surface area contributed by atoms with E-state index in [1.807, 2.05) is 36.4 Å². The normalized spacial score (nSPS) is 10.9. The number of nitrogens with zero attached hydrogens (tertiary/aromatic N) is 2. The Morgan fingerprint density at radius 3 is 2.77 bits per heavy atom. The fraction of sp³-hybridized carbons (Fsp3) is 0.125. The molecule has 0 saturated carbocycles. The lowest BCUT2D eigenvalue weighted by molar-refractivity contribution is 0.0781. The van der Waals surface area contributed by atoms with Crippen molar-refractivity contribution < 1.29 is 4.79 Å². The number of carbonyl (C=O) groups excluding carboxylic acids is 1. The number of rotatable bonds is 3. The number of halogens is 2. The molecule has 0 aliphatic rings. The number of carbonyl (C=O) groups is 1. The summed E-state index contributed by atoms with van der Waals surface area (Å²) < 4.78 is 0. The summed E-state index contributed by atoms with van der Waals surface area (Å²) in [5.74, 6) is -0.173. The number of hydrogen-bond donors (Lipinski definition) is 1. The molecule has 4 nitrogen and oxygen atoms in total. The first kappa shape index (κ1) is 14.9. The van der Waals surface area contributed by atoms with Gasteiger partial charge in [-0.1, -0.05) is 53.5 Å². The molecule has 0 radical (unpaired) electrons. The van der Waals surface area contributed by atoms with E-state index >= 15 is 0 Å². The standard InChI is InChI=1S/C16H13Cl2N3O/c1-21(9-10-5-4-7-12(17)14(10)18)16(22)15-11-6-2-3-8-13(11)19-20-15/h2-8H,9H2,1H3,(H,19,20). The van der Waals surface area contributed by atoms with Crippen molar-refractivity contribution in [2.45, 2.75) is 6.54 Å². The third kappa shape index (κ3) is 2.67. The van der Waals surface area contributed by atoms with Gasteiger partial charge in [0.1, 0.15) is 0 Å². The number of hydrogen-bond acceptors (Lipinski definition) is 2. The van der Waals surface area contributed by atoms with Crippen LogP contribution in [-0.2, 0) is 6.54 Å². The highest BCUT2D eigenvalue weighted by molar-refractivity contribution is 6.42. The zero-order chi connectivity index (χ0) is 15.7. The molecule has 3 aromatic rings. The third-order valence-corrected chi connectivity index (χ3v) is 4.32. The fourth-order valence-corrected chi connectivity index (χ4v) is 2.69. The molecule has 6 heteroatoms. The summed E-state index contributed by atoms with van der Waals surface area (Å²) in [4.78, 5) is 14.2. The van der Waals surface area contributed by atoms with Gasteiger partial charge in [0.05, 0.1) is 15.6 Å². The highest BCUT2D eigenvalue weighted by atomic mass is 35.5. The van der Waals surface area contributed by atoms with Crippen molar-refractivity contribution in [3.05, 3.63) is 63.8 Å². The topological polar surface area (TPSA) is 49.0 Å². The van der Waals surface area contributed by atoms with E-state index in [4.69, 9.17) is 23.2 Å². The average molecular weight is 334 g/mol. The van der Waals surface area contributed by atoms with E-state index in [1.165, 1.54) is 0 Å². The predicted molar refractivity (Wildman–Crippen MR) is 88.4 cm³/mol. The van der Waals surface area contributed by atoms with E-state index < -0.39 is 0 Å². The first-order valence-electron chi connectivity index (χ1n) is 6.69. The Morgan fingerprint density at radius 2 is 1.95 bits per heavy atom. The zero-order valence-electron chi connectivity index (χ0n) is 11.8. The summed E-state index contributed by atoms with van der Waals surface area (Å²) in [6, 6.07) is 12.9. The van der Waals surface area contributed by atoms with E-state index in [1.54, 1.807) is 18.0 Å². The molecule has 112 valence electrons. The summed E-state index contributed by atoms with van der Waals surface area (Å²) in [7, 11) is 1.71. The lowest BCUT2D eigenvalue weighted by Gasteiger charge is -2.17. The van der Waals surface area contributed by atoms with Gasteiger partial charge in [-0.2, -0.15) is 5.10 Å². The van der Waals surface area contributed by atoms with Crippen LogP contribution in [0.5, 0.6) is 0 Å². The Hall–Kier alpha value is -2.04. The van der Waals surface area contributed by atoms with Crippen LogP contribution in [0, 0.1) is 0 Å². The van der Waals surface area contributed by atoms with E-state index in [9.17, 15) is 4.79 Å². The minimum atomic E-state index is -0.173. The van der Waals surface area contributed by atoms with Crippen molar-refractivity contribution in [3.8, 4) is 0 Å². The molecule has 0 saturated heterocycles. The number of para-hydroxylation sites is 1. The predicted octanol–water partition coefficient (Wildman–Crippen LogP) is 4.14. The number of nitrogens with one attached hydrogen (secondary N) is 1. The molecule has 0 spiro atoms. The Morgan fingerprint density at radius 1 is 1.18 bits per heavy atom. The van der Waals surface area contributed by atoms with Gasteiger partial charge < -0.3 is 4.90 Å². The molecule has 3 rings (SSSR count). The molecule has 0 unspecified atom stereocenters. The maximum absolute atomic E-state index is 12.6. The highest BCUT2D eigenvalue weighted by Crippen LogP contribution is 2.27. The number of aromatic amines is 1. The number of fused-ring (bicyclic) bond motifs is 1. The fourth-order valence-electron chi connectivity index (χ4n) is 2.31. The molecule has 0 atom stereocenters. The molecular formula is C16H13Cl2N3O. The average Bonchev–Trinajstić information content (AvgIpc) is 2.95. The lowest BCUT2D eigenvalue weighted by Crippen LogP contribution is -2.26. The minimum Gasteiger partial charge on any atom is -0.336 e. The van der Waals surface area contributed by atoms with Gasteiger partial charge in [0.15, 0.2) is 5.69 Å². The maximum atomic E-state index is 12.6. The number of benzene rings is 2. The number of amides is 1. The van der Waals surface area contributed by atoms with E-state index in [-0.39, 0.29) is 5.91 Å². The SMILES string of the molecule is CN(Cc1cccc(Cl)c1Cl)C(=O)c1n[nH]c2ccccc12. The second-order valence-electron chi connectivity index (χ2n) is 4.99. The second-order valence-corrected chi connectivity index (χ2v) is 5.78. The Bertz CT molecular complexity index is 844. The molecule has 1 heterocycles. The quantitative estimate of drug-likeness (QED) is 0.782.